The zero-order chi connectivity index (χ0) is 11.5. The third-order valence-corrected chi connectivity index (χ3v) is 3.72. The van der Waals surface area contributed by atoms with E-state index in [0.29, 0.717) is 0 Å². The maximum absolute atomic E-state index is 4.53. The summed E-state index contributed by atoms with van der Waals surface area (Å²) < 4.78 is 2.08. The minimum atomic E-state index is 0.878. The van der Waals surface area contributed by atoms with Crippen molar-refractivity contribution in [3.63, 3.8) is 0 Å². The summed E-state index contributed by atoms with van der Waals surface area (Å²) in [6, 6.07) is 0. The van der Waals surface area contributed by atoms with Gasteiger partial charge in [-0.25, -0.2) is 0 Å². The van der Waals surface area contributed by atoms with E-state index in [1.54, 1.807) is 0 Å². The largest absolute Gasteiger partial charge is 0.382 e. The molecule has 1 fully saturated rings. The lowest BCUT2D eigenvalue weighted by Gasteiger charge is -2.12. The average Bonchev–Trinajstić information content (AvgIpc) is 2.86. The maximum Gasteiger partial charge on any atom is 0.0827 e. The minimum absolute atomic E-state index is 0.878. The van der Waals surface area contributed by atoms with Gasteiger partial charge in [-0.05, 0) is 39.5 Å². The molecule has 1 N–H and O–H groups in total. The molecule has 0 amide bonds. The molecule has 2 rings (SSSR count). The van der Waals surface area contributed by atoms with Crippen LogP contribution in [0.5, 0.6) is 0 Å². The monoisotopic (exact) mass is 221 g/mol. The van der Waals surface area contributed by atoms with Crippen molar-refractivity contribution in [2.75, 3.05) is 11.9 Å². The average molecular weight is 221 g/mol. The molecule has 0 saturated heterocycles. The van der Waals surface area contributed by atoms with Crippen molar-refractivity contribution in [3.8, 4) is 0 Å². The Balaban J connectivity index is 2.00. The van der Waals surface area contributed by atoms with E-state index in [4.69, 9.17) is 0 Å². The maximum atomic E-state index is 4.53. The predicted molar refractivity (Wildman–Crippen MR) is 67.8 cm³/mol. The topological polar surface area (TPSA) is 29.9 Å². The summed E-state index contributed by atoms with van der Waals surface area (Å²) in [5.74, 6) is 0.878. The molecule has 1 saturated carbocycles. The Labute approximate surface area is 98.2 Å². The van der Waals surface area contributed by atoms with Crippen molar-refractivity contribution in [3.05, 3.63) is 11.4 Å². The Kier molecular flexibility index (Phi) is 3.52. The van der Waals surface area contributed by atoms with Gasteiger partial charge in [0.2, 0.25) is 0 Å². The van der Waals surface area contributed by atoms with Crippen LogP contribution < -0.4 is 5.32 Å². The molecule has 0 aliphatic heterocycles. The second-order valence-corrected chi connectivity index (χ2v) is 4.89. The molecule has 1 aliphatic rings. The Morgan fingerprint density at radius 1 is 1.31 bits per heavy atom. The summed E-state index contributed by atoms with van der Waals surface area (Å²) >= 11 is 0. The smallest absolute Gasteiger partial charge is 0.0827 e. The van der Waals surface area contributed by atoms with Crippen LogP contribution in [0.2, 0.25) is 0 Å². The van der Waals surface area contributed by atoms with E-state index in [0.717, 1.165) is 24.7 Å². The first-order chi connectivity index (χ1) is 7.72. The Hall–Kier alpha value is -0.990. The van der Waals surface area contributed by atoms with Crippen LogP contribution in [0.25, 0.3) is 0 Å². The first-order valence-corrected chi connectivity index (χ1v) is 6.50. The SMILES string of the molecule is CCn1nc(C)c(NCC2CCCC2)c1C. The molecule has 90 valence electrons. The summed E-state index contributed by atoms with van der Waals surface area (Å²) in [6.45, 7) is 8.46. The third-order valence-electron chi connectivity index (χ3n) is 3.72. The van der Waals surface area contributed by atoms with Crippen LogP contribution >= 0.6 is 0 Å². The van der Waals surface area contributed by atoms with Crippen LogP contribution in [0.4, 0.5) is 5.69 Å². The van der Waals surface area contributed by atoms with Crippen molar-refractivity contribution >= 4 is 5.69 Å². The molecule has 1 aromatic heterocycles. The molecule has 1 aliphatic carbocycles. The molecule has 1 aromatic rings. The van der Waals surface area contributed by atoms with Gasteiger partial charge < -0.3 is 5.32 Å². The van der Waals surface area contributed by atoms with Crippen molar-refractivity contribution in [2.24, 2.45) is 5.92 Å². The van der Waals surface area contributed by atoms with E-state index in [1.165, 1.54) is 37.1 Å². The second-order valence-electron chi connectivity index (χ2n) is 4.89. The Morgan fingerprint density at radius 2 is 2.00 bits per heavy atom. The Bertz CT molecular complexity index is 348. The standard InChI is InChI=1S/C13H23N3/c1-4-16-11(3)13(10(2)15-16)14-9-12-7-5-6-8-12/h12,14H,4-9H2,1-3H3. The van der Waals surface area contributed by atoms with Crippen LogP contribution in [0, 0.1) is 19.8 Å². The van der Waals surface area contributed by atoms with Crippen LogP contribution in [0.1, 0.15) is 44.0 Å². The summed E-state index contributed by atoms with van der Waals surface area (Å²) in [5.41, 5.74) is 3.67. The van der Waals surface area contributed by atoms with Crippen LogP contribution in [0.3, 0.4) is 0 Å². The first-order valence-electron chi connectivity index (χ1n) is 6.50. The number of hydrogen-bond donors (Lipinski definition) is 1. The predicted octanol–water partition coefficient (Wildman–Crippen LogP) is 3.12. The van der Waals surface area contributed by atoms with Crippen molar-refractivity contribution in [2.45, 2.75) is 53.0 Å². The Morgan fingerprint density at radius 3 is 2.56 bits per heavy atom. The molecule has 0 atom stereocenters. The fourth-order valence-corrected chi connectivity index (χ4v) is 2.72. The van der Waals surface area contributed by atoms with Crippen molar-refractivity contribution in [1.29, 1.82) is 0 Å². The van der Waals surface area contributed by atoms with E-state index < -0.39 is 0 Å². The first kappa shape index (κ1) is 11.5. The molecular formula is C13H23N3. The molecule has 0 unspecified atom stereocenters. The molecule has 0 spiro atoms. The van der Waals surface area contributed by atoms with Gasteiger partial charge in [-0.3, -0.25) is 4.68 Å². The number of rotatable bonds is 4. The third kappa shape index (κ3) is 2.23. The highest BCUT2D eigenvalue weighted by molar-refractivity contribution is 5.52. The van der Waals surface area contributed by atoms with Crippen LogP contribution in [-0.4, -0.2) is 16.3 Å². The van der Waals surface area contributed by atoms with Gasteiger partial charge in [-0.2, -0.15) is 5.10 Å². The van der Waals surface area contributed by atoms with Crippen LogP contribution in [0.15, 0.2) is 0 Å². The highest BCUT2D eigenvalue weighted by Crippen LogP contribution is 2.26. The van der Waals surface area contributed by atoms with Crippen molar-refractivity contribution in [1.82, 2.24) is 9.78 Å². The van der Waals surface area contributed by atoms with Crippen molar-refractivity contribution < 1.29 is 0 Å². The molecule has 0 radical (unpaired) electrons. The normalized spacial score (nSPS) is 16.9. The molecule has 0 bridgehead atoms. The fraction of sp³-hybridized carbons (Fsp3) is 0.769. The van der Waals surface area contributed by atoms with Gasteiger partial charge in [-0.15, -0.1) is 0 Å². The lowest BCUT2D eigenvalue weighted by Crippen LogP contribution is -2.12. The van der Waals surface area contributed by atoms with E-state index in [9.17, 15) is 0 Å². The van der Waals surface area contributed by atoms with E-state index in [2.05, 4.69) is 35.9 Å². The van der Waals surface area contributed by atoms with E-state index >= 15 is 0 Å². The lowest BCUT2D eigenvalue weighted by molar-refractivity contribution is 0.579. The number of anilines is 1. The molecular weight excluding hydrogens is 198 g/mol. The van der Waals surface area contributed by atoms with Gasteiger partial charge in [0.25, 0.3) is 0 Å². The van der Waals surface area contributed by atoms with E-state index in [1.807, 2.05) is 0 Å². The fourth-order valence-electron chi connectivity index (χ4n) is 2.72. The quantitative estimate of drug-likeness (QED) is 0.846. The number of aromatic nitrogens is 2. The summed E-state index contributed by atoms with van der Waals surface area (Å²) in [4.78, 5) is 0. The van der Waals surface area contributed by atoms with Gasteiger partial charge >= 0.3 is 0 Å². The van der Waals surface area contributed by atoms with Gasteiger partial charge in [0.15, 0.2) is 0 Å². The molecule has 16 heavy (non-hydrogen) atoms. The zero-order valence-electron chi connectivity index (χ0n) is 10.7. The highest BCUT2D eigenvalue weighted by atomic mass is 15.3. The van der Waals surface area contributed by atoms with Crippen LogP contribution in [-0.2, 0) is 6.54 Å². The van der Waals surface area contributed by atoms with Gasteiger partial charge in [0, 0.05) is 13.1 Å². The summed E-state index contributed by atoms with van der Waals surface area (Å²) in [7, 11) is 0. The minimum Gasteiger partial charge on any atom is -0.382 e. The summed E-state index contributed by atoms with van der Waals surface area (Å²) in [5, 5.41) is 8.12. The molecule has 1 heterocycles. The molecule has 0 aromatic carbocycles. The second kappa shape index (κ2) is 4.89. The van der Waals surface area contributed by atoms with Gasteiger partial charge in [0.1, 0.15) is 0 Å². The van der Waals surface area contributed by atoms with Gasteiger partial charge in [0.05, 0.1) is 17.1 Å². The number of hydrogen-bond acceptors (Lipinski definition) is 2. The van der Waals surface area contributed by atoms with Gasteiger partial charge in [-0.1, -0.05) is 12.8 Å². The number of nitrogens with one attached hydrogen (secondary N) is 1. The summed E-state index contributed by atoms with van der Waals surface area (Å²) in [6.07, 6.45) is 5.62. The zero-order valence-corrected chi connectivity index (χ0v) is 10.7. The lowest BCUT2D eigenvalue weighted by atomic mass is 10.1. The van der Waals surface area contributed by atoms with E-state index in [-0.39, 0.29) is 0 Å². The number of nitrogens with zero attached hydrogens (tertiary/aromatic N) is 2. The molecule has 3 nitrogen and oxygen atoms in total. The number of aryl methyl sites for hydroxylation is 2. The highest BCUT2D eigenvalue weighted by Gasteiger charge is 2.16. The molecule has 3 heteroatoms.